The van der Waals surface area contributed by atoms with Gasteiger partial charge in [0.2, 0.25) is 0 Å². The zero-order valence-corrected chi connectivity index (χ0v) is 8.92. The standard InChI is InChI=1S/C6H6INS2/c7-4-10-6(8)5-2-1-3-9-5/h1-3,8H,4H2. The lowest BCUT2D eigenvalue weighted by Gasteiger charge is -1.93. The molecule has 0 aliphatic heterocycles. The Morgan fingerprint density at radius 1 is 1.80 bits per heavy atom. The second-order valence-corrected chi connectivity index (χ2v) is 5.29. The zero-order valence-electron chi connectivity index (χ0n) is 5.13. The Morgan fingerprint density at radius 2 is 2.60 bits per heavy atom. The van der Waals surface area contributed by atoms with E-state index in [1.54, 1.807) is 23.1 Å². The van der Waals surface area contributed by atoms with Crippen molar-refractivity contribution in [3.05, 3.63) is 22.4 Å². The summed E-state index contributed by atoms with van der Waals surface area (Å²) < 4.78 is 0.953. The molecule has 0 saturated heterocycles. The van der Waals surface area contributed by atoms with Gasteiger partial charge in [-0.1, -0.05) is 40.4 Å². The lowest BCUT2D eigenvalue weighted by Crippen LogP contribution is -1.86. The van der Waals surface area contributed by atoms with Gasteiger partial charge in [0.1, 0.15) is 5.04 Å². The van der Waals surface area contributed by atoms with Crippen LogP contribution >= 0.6 is 45.7 Å². The fraction of sp³-hybridized carbons (Fsp3) is 0.167. The molecule has 1 nitrogen and oxygen atoms in total. The summed E-state index contributed by atoms with van der Waals surface area (Å²) in [5.41, 5.74) is 0. The van der Waals surface area contributed by atoms with Gasteiger partial charge in [-0.25, -0.2) is 0 Å². The van der Waals surface area contributed by atoms with E-state index in [1.807, 2.05) is 17.5 Å². The summed E-state index contributed by atoms with van der Waals surface area (Å²) in [5.74, 6) is 0. The van der Waals surface area contributed by atoms with Crippen LogP contribution in [0.3, 0.4) is 0 Å². The summed E-state index contributed by atoms with van der Waals surface area (Å²) in [7, 11) is 0. The largest absolute Gasteiger partial charge is 0.293 e. The molecule has 0 unspecified atom stereocenters. The van der Waals surface area contributed by atoms with Gasteiger partial charge in [-0.15, -0.1) is 11.3 Å². The third-order valence-electron chi connectivity index (χ3n) is 0.944. The van der Waals surface area contributed by atoms with Gasteiger partial charge < -0.3 is 0 Å². The van der Waals surface area contributed by atoms with Gasteiger partial charge in [0.15, 0.2) is 0 Å². The first kappa shape index (κ1) is 8.55. The molecule has 0 amide bonds. The van der Waals surface area contributed by atoms with E-state index < -0.39 is 0 Å². The van der Waals surface area contributed by atoms with Crippen LogP contribution in [0.2, 0.25) is 0 Å². The molecule has 1 aromatic heterocycles. The lowest BCUT2D eigenvalue weighted by molar-refractivity contribution is 1.56. The molecular weight excluding hydrogens is 277 g/mol. The third-order valence-corrected chi connectivity index (χ3v) is 3.51. The van der Waals surface area contributed by atoms with E-state index in [-0.39, 0.29) is 0 Å². The Hall–Kier alpha value is 0.450. The number of halogens is 1. The number of alkyl halides is 1. The Kier molecular flexibility index (Phi) is 3.72. The predicted octanol–water partition coefficient (Wildman–Crippen LogP) is 3.20. The second-order valence-electron chi connectivity index (χ2n) is 1.56. The first-order valence-corrected chi connectivity index (χ1v) is 6.05. The van der Waals surface area contributed by atoms with Gasteiger partial charge in [0, 0.05) is 0 Å². The molecule has 0 atom stereocenters. The highest BCUT2D eigenvalue weighted by Gasteiger charge is 1.99. The maximum absolute atomic E-state index is 7.51. The van der Waals surface area contributed by atoms with E-state index in [0.29, 0.717) is 5.04 Å². The van der Waals surface area contributed by atoms with E-state index in [0.717, 1.165) is 8.64 Å². The van der Waals surface area contributed by atoms with E-state index in [9.17, 15) is 0 Å². The molecule has 1 N–H and O–H groups in total. The van der Waals surface area contributed by atoms with Crippen molar-refractivity contribution in [2.45, 2.75) is 0 Å². The Labute approximate surface area is 81.9 Å². The maximum atomic E-state index is 7.51. The van der Waals surface area contributed by atoms with Gasteiger partial charge >= 0.3 is 0 Å². The van der Waals surface area contributed by atoms with Crippen LogP contribution in [0.1, 0.15) is 4.88 Å². The minimum atomic E-state index is 0.685. The van der Waals surface area contributed by atoms with Crippen molar-refractivity contribution >= 4 is 50.7 Å². The fourth-order valence-corrected chi connectivity index (χ4v) is 2.68. The molecule has 0 saturated carbocycles. The molecule has 1 heterocycles. The van der Waals surface area contributed by atoms with E-state index >= 15 is 0 Å². The topological polar surface area (TPSA) is 23.9 Å². The quantitative estimate of drug-likeness (QED) is 0.383. The van der Waals surface area contributed by atoms with E-state index in [2.05, 4.69) is 22.6 Å². The number of hydrogen-bond donors (Lipinski definition) is 1. The molecule has 0 fully saturated rings. The third kappa shape index (κ3) is 2.25. The number of hydrogen-bond acceptors (Lipinski definition) is 3. The molecule has 1 rings (SSSR count). The summed E-state index contributed by atoms with van der Waals surface area (Å²) in [6.07, 6.45) is 0. The van der Waals surface area contributed by atoms with Crippen LogP contribution in [-0.4, -0.2) is 8.80 Å². The van der Waals surface area contributed by atoms with Gasteiger partial charge in [-0.05, 0) is 11.4 Å². The number of thiophene rings is 1. The van der Waals surface area contributed by atoms with Crippen LogP contribution in [0.25, 0.3) is 0 Å². The predicted molar refractivity (Wildman–Crippen MR) is 57.6 cm³/mol. The van der Waals surface area contributed by atoms with E-state index in [4.69, 9.17) is 5.41 Å². The van der Waals surface area contributed by atoms with Crippen molar-refractivity contribution in [1.82, 2.24) is 0 Å². The van der Waals surface area contributed by atoms with Gasteiger partial charge in [-0.3, -0.25) is 5.41 Å². The smallest absolute Gasteiger partial charge is 0.105 e. The van der Waals surface area contributed by atoms with Crippen LogP contribution < -0.4 is 0 Å². The summed E-state index contributed by atoms with van der Waals surface area (Å²) in [4.78, 5) is 1.07. The Balaban J connectivity index is 2.59. The van der Waals surface area contributed by atoms with Crippen molar-refractivity contribution in [2.75, 3.05) is 3.76 Å². The summed E-state index contributed by atoms with van der Waals surface area (Å²) in [6.45, 7) is 0. The molecule has 0 radical (unpaired) electrons. The highest BCUT2D eigenvalue weighted by atomic mass is 127. The maximum Gasteiger partial charge on any atom is 0.105 e. The SMILES string of the molecule is N=C(SCI)c1cccs1. The molecule has 0 aliphatic carbocycles. The van der Waals surface area contributed by atoms with Crippen molar-refractivity contribution in [2.24, 2.45) is 0 Å². The molecule has 10 heavy (non-hydrogen) atoms. The van der Waals surface area contributed by atoms with Crippen molar-refractivity contribution in [1.29, 1.82) is 5.41 Å². The van der Waals surface area contributed by atoms with Crippen LogP contribution in [0, 0.1) is 5.41 Å². The van der Waals surface area contributed by atoms with Crippen LogP contribution in [0.4, 0.5) is 0 Å². The summed E-state index contributed by atoms with van der Waals surface area (Å²) in [5, 5.41) is 10.2. The average Bonchev–Trinajstić information content (AvgIpc) is 2.38. The van der Waals surface area contributed by atoms with Gasteiger partial charge in [0.05, 0.1) is 8.64 Å². The fourth-order valence-electron chi connectivity index (χ4n) is 0.533. The minimum absolute atomic E-state index is 0.685. The van der Waals surface area contributed by atoms with Crippen LogP contribution in [0.5, 0.6) is 0 Å². The molecular formula is C6H6INS2. The van der Waals surface area contributed by atoms with Gasteiger partial charge in [0.25, 0.3) is 0 Å². The Bertz CT molecular complexity index is 208. The first-order chi connectivity index (χ1) is 4.84. The molecule has 0 bridgehead atoms. The molecule has 0 spiro atoms. The summed E-state index contributed by atoms with van der Waals surface area (Å²) >= 11 is 5.45. The lowest BCUT2D eigenvalue weighted by atomic mass is 10.5. The van der Waals surface area contributed by atoms with Crippen molar-refractivity contribution in [3.63, 3.8) is 0 Å². The molecule has 4 heteroatoms. The molecule has 0 aromatic carbocycles. The van der Waals surface area contributed by atoms with Crippen LogP contribution in [-0.2, 0) is 0 Å². The highest BCUT2D eigenvalue weighted by molar-refractivity contribution is 14.1. The first-order valence-electron chi connectivity index (χ1n) is 2.66. The average molecular weight is 283 g/mol. The van der Waals surface area contributed by atoms with E-state index in [1.165, 1.54) is 0 Å². The minimum Gasteiger partial charge on any atom is -0.293 e. The van der Waals surface area contributed by atoms with Crippen LogP contribution in [0.15, 0.2) is 17.5 Å². The Morgan fingerprint density at radius 3 is 3.10 bits per heavy atom. The summed E-state index contributed by atoms with van der Waals surface area (Å²) in [6, 6.07) is 3.95. The van der Waals surface area contributed by atoms with Crippen molar-refractivity contribution in [3.8, 4) is 0 Å². The highest BCUT2D eigenvalue weighted by Crippen LogP contribution is 2.18. The molecule has 1 aromatic rings. The zero-order chi connectivity index (χ0) is 7.40. The monoisotopic (exact) mass is 283 g/mol. The number of rotatable bonds is 2. The van der Waals surface area contributed by atoms with Crippen molar-refractivity contribution < 1.29 is 0 Å². The second kappa shape index (κ2) is 4.35. The van der Waals surface area contributed by atoms with Gasteiger partial charge in [-0.2, -0.15) is 0 Å². The molecule has 54 valence electrons. The number of thioether (sulfide) groups is 1. The molecule has 0 aliphatic rings. The normalized spacial score (nSPS) is 9.70. The number of nitrogens with one attached hydrogen (secondary N) is 1.